The first-order chi connectivity index (χ1) is 8.51. The Morgan fingerprint density at radius 2 is 1.39 bits per heavy atom. The molecule has 0 N–H and O–H groups in total. The van der Waals surface area contributed by atoms with E-state index in [1.54, 1.807) is 8.61 Å². The lowest BCUT2D eigenvalue weighted by Crippen LogP contribution is -2.55. The highest BCUT2D eigenvalue weighted by Gasteiger charge is 2.33. The van der Waals surface area contributed by atoms with Crippen molar-refractivity contribution in [3.8, 4) is 0 Å². The largest absolute Gasteiger partial charge is 0.379 e. The standard InChI is InChI=1S/C11H23N3O3S/c1-11(2)12-3-5-13(6-4-12)18(15,16)14-7-9-17-10-8-14/h11H,3-10H2,1-2H3. The van der Waals surface area contributed by atoms with Crippen molar-refractivity contribution in [2.75, 3.05) is 52.5 Å². The summed E-state index contributed by atoms with van der Waals surface area (Å²) in [4.78, 5) is 2.31. The molecule has 18 heavy (non-hydrogen) atoms. The van der Waals surface area contributed by atoms with Gasteiger partial charge in [0.05, 0.1) is 13.2 Å². The van der Waals surface area contributed by atoms with Crippen molar-refractivity contribution in [3.05, 3.63) is 0 Å². The number of nitrogens with zero attached hydrogens (tertiary/aromatic N) is 3. The maximum Gasteiger partial charge on any atom is 0.282 e. The number of hydrogen-bond donors (Lipinski definition) is 0. The van der Waals surface area contributed by atoms with Gasteiger partial charge in [-0.25, -0.2) is 0 Å². The summed E-state index contributed by atoms with van der Waals surface area (Å²) in [6.07, 6.45) is 0. The normalized spacial score (nSPS) is 25.7. The Morgan fingerprint density at radius 1 is 0.889 bits per heavy atom. The van der Waals surface area contributed by atoms with Crippen molar-refractivity contribution in [2.45, 2.75) is 19.9 Å². The van der Waals surface area contributed by atoms with Crippen LogP contribution in [0.3, 0.4) is 0 Å². The van der Waals surface area contributed by atoms with E-state index in [2.05, 4.69) is 18.7 Å². The molecule has 0 atom stereocenters. The van der Waals surface area contributed by atoms with E-state index in [0.29, 0.717) is 45.4 Å². The molecule has 0 aromatic heterocycles. The number of piperazine rings is 1. The van der Waals surface area contributed by atoms with Crippen LogP contribution in [0.25, 0.3) is 0 Å². The minimum absolute atomic E-state index is 0.479. The van der Waals surface area contributed by atoms with Crippen LogP contribution in [-0.4, -0.2) is 80.5 Å². The first-order valence-electron chi connectivity index (χ1n) is 6.59. The number of hydrogen-bond acceptors (Lipinski definition) is 4. The second-order valence-electron chi connectivity index (χ2n) is 5.05. The van der Waals surface area contributed by atoms with Gasteiger partial charge >= 0.3 is 0 Å². The molecule has 0 bridgehead atoms. The molecule has 0 saturated carbocycles. The topological polar surface area (TPSA) is 53.1 Å². The van der Waals surface area contributed by atoms with Crippen LogP contribution >= 0.6 is 0 Å². The Hall–Kier alpha value is -0.210. The van der Waals surface area contributed by atoms with Crippen molar-refractivity contribution in [2.24, 2.45) is 0 Å². The van der Waals surface area contributed by atoms with Gasteiger partial charge in [0, 0.05) is 45.3 Å². The Balaban J connectivity index is 1.95. The molecule has 2 rings (SSSR count). The van der Waals surface area contributed by atoms with Crippen LogP contribution in [-0.2, 0) is 14.9 Å². The highest BCUT2D eigenvalue weighted by Crippen LogP contribution is 2.14. The fraction of sp³-hybridized carbons (Fsp3) is 1.00. The molecule has 2 heterocycles. The van der Waals surface area contributed by atoms with Gasteiger partial charge in [-0.15, -0.1) is 0 Å². The van der Waals surface area contributed by atoms with Crippen molar-refractivity contribution >= 4 is 10.2 Å². The lowest BCUT2D eigenvalue weighted by molar-refractivity contribution is 0.0678. The smallest absolute Gasteiger partial charge is 0.282 e. The molecule has 0 unspecified atom stereocenters. The van der Waals surface area contributed by atoms with E-state index in [1.165, 1.54) is 0 Å². The van der Waals surface area contributed by atoms with E-state index in [1.807, 2.05) is 0 Å². The van der Waals surface area contributed by atoms with E-state index in [9.17, 15) is 8.42 Å². The van der Waals surface area contributed by atoms with E-state index < -0.39 is 10.2 Å². The predicted octanol–water partition coefficient (Wildman–Crippen LogP) is -0.411. The lowest BCUT2D eigenvalue weighted by Gasteiger charge is -2.39. The molecule has 0 spiro atoms. The van der Waals surface area contributed by atoms with E-state index in [0.717, 1.165) is 13.1 Å². The molecule has 0 aromatic carbocycles. The van der Waals surface area contributed by atoms with Gasteiger partial charge in [-0.3, -0.25) is 4.90 Å². The van der Waals surface area contributed by atoms with Gasteiger partial charge in [0.15, 0.2) is 0 Å². The van der Waals surface area contributed by atoms with Crippen molar-refractivity contribution in [1.82, 2.24) is 13.5 Å². The maximum absolute atomic E-state index is 12.4. The summed E-state index contributed by atoms with van der Waals surface area (Å²) in [6, 6.07) is 0.484. The van der Waals surface area contributed by atoms with E-state index in [4.69, 9.17) is 4.74 Å². The summed E-state index contributed by atoms with van der Waals surface area (Å²) < 4.78 is 33.1. The molecule has 7 heteroatoms. The molecule has 106 valence electrons. The van der Waals surface area contributed by atoms with Crippen LogP contribution in [0.5, 0.6) is 0 Å². The molecule has 0 aliphatic carbocycles. The number of rotatable bonds is 3. The zero-order valence-corrected chi connectivity index (χ0v) is 12.0. The predicted molar refractivity (Wildman–Crippen MR) is 69.6 cm³/mol. The number of morpholine rings is 1. The molecular formula is C11H23N3O3S. The van der Waals surface area contributed by atoms with Crippen LogP contribution < -0.4 is 0 Å². The van der Waals surface area contributed by atoms with Crippen LogP contribution in [0.2, 0.25) is 0 Å². The highest BCUT2D eigenvalue weighted by molar-refractivity contribution is 7.86. The first kappa shape index (κ1) is 14.2. The van der Waals surface area contributed by atoms with Crippen LogP contribution in [0.1, 0.15) is 13.8 Å². The third-order valence-electron chi connectivity index (χ3n) is 3.63. The molecule has 0 amide bonds. The fourth-order valence-corrected chi connectivity index (χ4v) is 3.95. The second-order valence-corrected chi connectivity index (χ2v) is 6.98. The molecule has 2 aliphatic rings. The minimum atomic E-state index is -3.27. The van der Waals surface area contributed by atoms with Gasteiger partial charge in [-0.2, -0.15) is 17.0 Å². The fourth-order valence-electron chi connectivity index (χ4n) is 2.39. The number of ether oxygens (including phenoxy) is 1. The Labute approximate surface area is 110 Å². The third-order valence-corrected chi connectivity index (χ3v) is 5.66. The monoisotopic (exact) mass is 277 g/mol. The van der Waals surface area contributed by atoms with E-state index in [-0.39, 0.29) is 0 Å². The zero-order chi connectivity index (χ0) is 13.2. The summed E-state index contributed by atoms with van der Waals surface area (Å²) in [6.45, 7) is 9.09. The molecule has 2 saturated heterocycles. The first-order valence-corrected chi connectivity index (χ1v) is 7.98. The SMILES string of the molecule is CC(C)N1CCN(S(=O)(=O)N2CCOCC2)CC1. The zero-order valence-electron chi connectivity index (χ0n) is 11.2. The molecule has 2 fully saturated rings. The second kappa shape index (κ2) is 5.83. The van der Waals surface area contributed by atoms with Crippen LogP contribution in [0.4, 0.5) is 0 Å². The summed E-state index contributed by atoms with van der Waals surface area (Å²) in [5.41, 5.74) is 0. The lowest BCUT2D eigenvalue weighted by atomic mass is 10.3. The quantitative estimate of drug-likeness (QED) is 0.704. The average Bonchev–Trinajstić information content (AvgIpc) is 2.40. The van der Waals surface area contributed by atoms with Crippen LogP contribution in [0.15, 0.2) is 0 Å². The molecule has 0 aromatic rings. The van der Waals surface area contributed by atoms with E-state index >= 15 is 0 Å². The Morgan fingerprint density at radius 3 is 1.89 bits per heavy atom. The summed E-state index contributed by atoms with van der Waals surface area (Å²) >= 11 is 0. The van der Waals surface area contributed by atoms with Crippen molar-refractivity contribution in [1.29, 1.82) is 0 Å². The summed E-state index contributed by atoms with van der Waals surface area (Å²) in [7, 11) is -3.27. The Kier molecular flexibility index (Phi) is 4.60. The van der Waals surface area contributed by atoms with Crippen molar-refractivity contribution in [3.63, 3.8) is 0 Å². The third kappa shape index (κ3) is 3.03. The van der Waals surface area contributed by atoms with Crippen molar-refractivity contribution < 1.29 is 13.2 Å². The molecule has 0 radical (unpaired) electrons. The average molecular weight is 277 g/mol. The van der Waals surface area contributed by atoms with Gasteiger partial charge in [0.2, 0.25) is 0 Å². The highest BCUT2D eigenvalue weighted by atomic mass is 32.2. The maximum atomic E-state index is 12.4. The molecule has 2 aliphatic heterocycles. The van der Waals surface area contributed by atoms with Gasteiger partial charge in [0.1, 0.15) is 0 Å². The van der Waals surface area contributed by atoms with Gasteiger partial charge in [-0.05, 0) is 13.8 Å². The minimum Gasteiger partial charge on any atom is -0.379 e. The summed E-state index contributed by atoms with van der Waals surface area (Å²) in [5.74, 6) is 0. The van der Waals surface area contributed by atoms with Crippen LogP contribution in [0, 0.1) is 0 Å². The summed E-state index contributed by atoms with van der Waals surface area (Å²) in [5, 5.41) is 0. The van der Waals surface area contributed by atoms with Gasteiger partial charge < -0.3 is 4.74 Å². The molecular weight excluding hydrogens is 254 g/mol. The Bertz CT molecular complexity index is 358. The van der Waals surface area contributed by atoms with Gasteiger partial charge in [0.25, 0.3) is 10.2 Å². The molecule has 6 nitrogen and oxygen atoms in total. The van der Waals surface area contributed by atoms with Gasteiger partial charge in [-0.1, -0.05) is 0 Å².